The molecular formula is C12H14N2O2S. The van der Waals surface area contributed by atoms with Gasteiger partial charge in [-0.2, -0.15) is 0 Å². The molecule has 2 heterocycles. The molecule has 0 aromatic carbocycles. The fraction of sp³-hybridized carbons (Fsp3) is 0.500. The maximum Gasteiger partial charge on any atom is 0.349 e. The molecule has 2 aromatic heterocycles. The van der Waals surface area contributed by atoms with Crippen molar-refractivity contribution in [3.63, 3.8) is 0 Å². The third-order valence-corrected chi connectivity index (χ3v) is 4.31. The molecule has 0 atom stereocenters. The van der Waals surface area contributed by atoms with Crippen LogP contribution in [-0.2, 0) is 4.74 Å². The lowest BCUT2D eigenvalue weighted by Gasteiger charge is -2.02. The molecule has 17 heavy (non-hydrogen) atoms. The quantitative estimate of drug-likeness (QED) is 0.770. The van der Waals surface area contributed by atoms with Crippen molar-refractivity contribution in [3.8, 4) is 0 Å². The first-order chi connectivity index (χ1) is 8.28. The maximum atomic E-state index is 11.4. The molecule has 1 aliphatic rings. The number of fused-ring (bicyclic) bond motifs is 1. The molecule has 1 aliphatic carbocycles. The van der Waals surface area contributed by atoms with Crippen molar-refractivity contribution >= 4 is 22.3 Å². The number of aromatic nitrogens is 2. The summed E-state index contributed by atoms with van der Waals surface area (Å²) in [6.07, 6.45) is 8.96. The van der Waals surface area contributed by atoms with Crippen LogP contribution in [0, 0.1) is 0 Å². The highest BCUT2D eigenvalue weighted by Crippen LogP contribution is 2.34. The van der Waals surface area contributed by atoms with Gasteiger partial charge in [-0.25, -0.2) is 9.78 Å². The summed E-state index contributed by atoms with van der Waals surface area (Å²) in [6, 6.07) is 0. The van der Waals surface area contributed by atoms with E-state index in [4.69, 9.17) is 4.74 Å². The van der Waals surface area contributed by atoms with Gasteiger partial charge in [0.25, 0.3) is 0 Å². The fourth-order valence-electron chi connectivity index (χ4n) is 2.43. The van der Waals surface area contributed by atoms with Gasteiger partial charge in [0.1, 0.15) is 4.88 Å². The van der Waals surface area contributed by atoms with E-state index >= 15 is 0 Å². The largest absolute Gasteiger partial charge is 0.465 e. The molecule has 5 heteroatoms. The van der Waals surface area contributed by atoms with Crippen molar-refractivity contribution in [1.82, 2.24) is 9.38 Å². The minimum absolute atomic E-state index is 0.289. The minimum atomic E-state index is -0.289. The van der Waals surface area contributed by atoms with Gasteiger partial charge >= 0.3 is 5.97 Å². The number of nitrogens with zero attached hydrogens (tertiary/aromatic N) is 2. The topological polar surface area (TPSA) is 43.6 Å². The van der Waals surface area contributed by atoms with Crippen molar-refractivity contribution in [3.05, 3.63) is 23.0 Å². The Kier molecular flexibility index (Phi) is 2.63. The number of carbonyl (C=O) groups is 1. The molecule has 1 fully saturated rings. The summed E-state index contributed by atoms with van der Waals surface area (Å²) >= 11 is 1.39. The summed E-state index contributed by atoms with van der Waals surface area (Å²) in [5, 5.41) is 0. The number of imidazole rings is 1. The van der Waals surface area contributed by atoms with Gasteiger partial charge in [0.15, 0.2) is 4.96 Å². The first-order valence-electron chi connectivity index (χ1n) is 5.84. The van der Waals surface area contributed by atoms with E-state index in [-0.39, 0.29) is 5.97 Å². The molecule has 0 N–H and O–H groups in total. The normalized spacial score (nSPS) is 16.8. The fourth-order valence-corrected chi connectivity index (χ4v) is 3.32. The molecule has 0 unspecified atom stereocenters. The number of methoxy groups -OCH3 is 1. The van der Waals surface area contributed by atoms with Gasteiger partial charge in [0, 0.05) is 18.3 Å². The Bertz CT molecular complexity index is 520. The van der Waals surface area contributed by atoms with Gasteiger partial charge in [0.2, 0.25) is 0 Å². The van der Waals surface area contributed by atoms with Crippen LogP contribution in [0.25, 0.3) is 4.96 Å². The summed E-state index contributed by atoms with van der Waals surface area (Å²) in [7, 11) is 1.40. The molecule has 0 spiro atoms. The zero-order valence-corrected chi connectivity index (χ0v) is 10.5. The Hall–Kier alpha value is -1.36. The Morgan fingerprint density at radius 3 is 2.88 bits per heavy atom. The minimum Gasteiger partial charge on any atom is -0.465 e. The zero-order chi connectivity index (χ0) is 11.8. The highest BCUT2D eigenvalue weighted by Gasteiger charge is 2.21. The van der Waals surface area contributed by atoms with Crippen LogP contribution in [0.5, 0.6) is 0 Å². The number of hydrogen-bond acceptors (Lipinski definition) is 4. The number of ether oxygens (including phenoxy) is 1. The molecule has 3 rings (SSSR count). The van der Waals surface area contributed by atoms with E-state index in [1.54, 1.807) is 6.20 Å². The summed E-state index contributed by atoms with van der Waals surface area (Å²) < 4.78 is 6.63. The predicted octanol–water partition coefficient (Wildman–Crippen LogP) is 2.84. The molecule has 2 aromatic rings. The maximum absolute atomic E-state index is 11.4. The average Bonchev–Trinajstić information content (AvgIpc) is 3.01. The third kappa shape index (κ3) is 1.84. The molecule has 90 valence electrons. The highest BCUT2D eigenvalue weighted by molar-refractivity contribution is 7.18. The number of rotatable bonds is 2. The molecule has 4 nitrogen and oxygen atoms in total. The van der Waals surface area contributed by atoms with Crippen LogP contribution in [0.2, 0.25) is 0 Å². The van der Waals surface area contributed by atoms with Crippen LogP contribution in [0.1, 0.15) is 47.0 Å². The van der Waals surface area contributed by atoms with E-state index in [0.717, 1.165) is 4.96 Å². The first-order valence-corrected chi connectivity index (χ1v) is 6.66. The number of hydrogen-bond donors (Lipinski definition) is 0. The van der Waals surface area contributed by atoms with Crippen LogP contribution in [0.4, 0.5) is 0 Å². The Morgan fingerprint density at radius 1 is 1.47 bits per heavy atom. The Labute approximate surface area is 103 Å². The number of esters is 1. The second-order valence-corrected chi connectivity index (χ2v) is 5.43. The van der Waals surface area contributed by atoms with E-state index in [0.29, 0.717) is 10.8 Å². The van der Waals surface area contributed by atoms with Gasteiger partial charge in [-0.15, -0.1) is 0 Å². The predicted molar refractivity (Wildman–Crippen MR) is 65.6 cm³/mol. The summed E-state index contributed by atoms with van der Waals surface area (Å²) in [4.78, 5) is 17.5. The van der Waals surface area contributed by atoms with Crippen LogP contribution >= 0.6 is 11.3 Å². The Morgan fingerprint density at radius 2 is 2.24 bits per heavy atom. The Balaban J connectivity index is 1.93. The molecule has 0 saturated heterocycles. The van der Waals surface area contributed by atoms with E-state index < -0.39 is 0 Å². The summed E-state index contributed by atoms with van der Waals surface area (Å²) in [6.45, 7) is 0. The van der Waals surface area contributed by atoms with Crippen LogP contribution < -0.4 is 0 Å². The monoisotopic (exact) mass is 250 g/mol. The van der Waals surface area contributed by atoms with Crippen LogP contribution in [-0.4, -0.2) is 22.5 Å². The van der Waals surface area contributed by atoms with Crippen molar-refractivity contribution in [2.45, 2.75) is 31.6 Å². The SMILES string of the molecule is COC(=O)c1cn2cc(C3CCCC3)nc2s1. The van der Waals surface area contributed by atoms with Gasteiger partial charge in [-0.05, 0) is 12.8 Å². The molecular weight excluding hydrogens is 236 g/mol. The van der Waals surface area contributed by atoms with Gasteiger partial charge in [0.05, 0.1) is 12.8 Å². The van der Waals surface area contributed by atoms with Crippen molar-refractivity contribution in [2.24, 2.45) is 0 Å². The average molecular weight is 250 g/mol. The van der Waals surface area contributed by atoms with E-state index in [1.807, 2.05) is 10.6 Å². The standard InChI is InChI=1S/C12H14N2O2S/c1-16-11(15)10-7-14-6-9(13-12(14)17-10)8-4-2-3-5-8/h6-8H,2-5H2,1H3. The smallest absolute Gasteiger partial charge is 0.349 e. The lowest BCUT2D eigenvalue weighted by atomic mass is 10.1. The number of carbonyl (C=O) groups excluding carboxylic acids is 1. The molecule has 0 aliphatic heterocycles. The van der Waals surface area contributed by atoms with Gasteiger partial charge < -0.3 is 4.74 Å². The highest BCUT2D eigenvalue weighted by atomic mass is 32.1. The van der Waals surface area contributed by atoms with Crippen molar-refractivity contribution < 1.29 is 9.53 Å². The van der Waals surface area contributed by atoms with Crippen LogP contribution in [0.15, 0.2) is 12.4 Å². The lowest BCUT2D eigenvalue weighted by Crippen LogP contribution is -1.97. The van der Waals surface area contributed by atoms with E-state index in [9.17, 15) is 4.79 Å². The molecule has 0 radical (unpaired) electrons. The van der Waals surface area contributed by atoms with E-state index in [2.05, 4.69) is 4.98 Å². The van der Waals surface area contributed by atoms with Gasteiger partial charge in [-0.3, -0.25) is 4.40 Å². The summed E-state index contributed by atoms with van der Waals surface area (Å²) in [5.41, 5.74) is 1.17. The molecule has 0 bridgehead atoms. The molecule has 0 amide bonds. The first kappa shape index (κ1) is 10.8. The second kappa shape index (κ2) is 4.14. The second-order valence-electron chi connectivity index (χ2n) is 4.42. The summed E-state index contributed by atoms with van der Waals surface area (Å²) in [5.74, 6) is 0.326. The van der Waals surface area contributed by atoms with Crippen molar-refractivity contribution in [1.29, 1.82) is 0 Å². The molecule has 1 saturated carbocycles. The van der Waals surface area contributed by atoms with Crippen LogP contribution in [0.3, 0.4) is 0 Å². The van der Waals surface area contributed by atoms with Crippen molar-refractivity contribution in [2.75, 3.05) is 7.11 Å². The number of thiazole rings is 1. The van der Waals surface area contributed by atoms with Gasteiger partial charge in [-0.1, -0.05) is 24.2 Å². The third-order valence-electron chi connectivity index (χ3n) is 3.33. The zero-order valence-electron chi connectivity index (χ0n) is 9.68. The lowest BCUT2D eigenvalue weighted by molar-refractivity contribution is 0.0606. The van der Waals surface area contributed by atoms with E-state index in [1.165, 1.54) is 49.8 Å².